The Labute approximate surface area is 129 Å². The lowest BCUT2D eigenvalue weighted by atomic mass is 10.0. The summed E-state index contributed by atoms with van der Waals surface area (Å²) >= 11 is 6.08. The molecule has 1 amide bonds. The second-order valence-electron chi connectivity index (χ2n) is 5.29. The molecule has 0 unspecified atom stereocenters. The molecule has 1 aliphatic heterocycles. The second kappa shape index (κ2) is 7.09. The minimum Gasteiger partial charge on any atom is -0.453 e. The number of nitrogens with one attached hydrogen (secondary N) is 1. The van der Waals surface area contributed by atoms with Gasteiger partial charge in [0.1, 0.15) is 5.82 Å². The molecular weight excluding hydrogens is 295 g/mol. The van der Waals surface area contributed by atoms with Crippen LogP contribution in [-0.4, -0.2) is 37.2 Å². The summed E-state index contributed by atoms with van der Waals surface area (Å²) in [5.74, 6) is -0.331. The smallest absolute Gasteiger partial charge is 0.409 e. The summed E-state index contributed by atoms with van der Waals surface area (Å²) < 4.78 is 17.8. The minimum atomic E-state index is -0.331. The van der Waals surface area contributed by atoms with Crippen molar-refractivity contribution in [2.75, 3.05) is 20.2 Å². The van der Waals surface area contributed by atoms with E-state index in [2.05, 4.69) is 5.32 Å². The van der Waals surface area contributed by atoms with Crippen LogP contribution in [0, 0.1) is 5.82 Å². The van der Waals surface area contributed by atoms with Gasteiger partial charge in [-0.3, -0.25) is 0 Å². The van der Waals surface area contributed by atoms with E-state index >= 15 is 0 Å². The standard InChI is InChI=1S/C15H20ClFN2O2/c1-10(13-4-3-11(17)9-14(13)16)18-12-5-7-19(8-6-12)15(20)21-2/h3-4,9-10,12,18H,5-8H2,1-2H3/t10-/m0/s1. The molecule has 4 nitrogen and oxygen atoms in total. The summed E-state index contributed by atoms with van der Waals surface area (Å²) in [6.45, 7) is 3.36. The molecule has 0 bridgehead atoms. The Kier molecular flexibility index (Phi) is 5.42. The summed E-state index contributed by atoms with van der Waals surface area (Å²) in [4.78, 5) is 13.1. The third-order valence-electron chi connectivity index (χ3n) is 3.84. The Bertz CT molecular complexity index is 504. The number of carbonyl (C=O) groups excluding carboxylic acids is 1. The number of hydrogen-bond acceptors (Lipinski definition) is 3. The van der Waals surface area contributed by atoms with Gasteiger partial charge in [0.15, 0.2) is 0 Å². The molecule has 1 heterocycles. The lowest BCUT2D eigenvalue weighted by Crippen LogP contribution is -2.45. The zero-order chi connectivity index (χ0) is 15.4. The number of ether oxygens (including phenoxy) is 1. The van der Waals surface area contributed by atoms with Gasteiger partial charge < -0.3 is 15.0 Å². The Balaban J connectivity index is 1.89. The Morgan fingerprint density at radius 3 is 2.71 bits per heavy atom. The molecule has 0 spiro atoms. The third kappa shape index (κ3) is 4.08. The topological polar surface area (TPSA) is 41.6 Å². The van der Waals surface area contributed by atoms with Crippen molar-refractivity contribution in [3.63, 3.8) is 0 Å². The second-order valence-corrected chi connectivity index (χ2v) is 5.69. The van der Waals surface area contributed by atoms with Crippen LogP contribution >= 0.6 is 11.6 Å². The Hall–Kier alpha value is -1.33. The maximum atomic E-state index is 13.1. The number of benzene rings is 1. The lowest BCUT2D eigenvalue weighted by Gasteiger charge is -2.33. The molecule has 6 heteroatoms. The number of halogens is 2. The first-order valence-electron chi connectivity index (χ1n) is 7.05. The van der Waals surface area contributed by atoms with Gasteiger partial charge in [0.25, 0.3) is 0 Å². The van der Waals surface area contributed by atoms with Gasteiger partial charge in [0, 0.05) is 30.2 Å². The first-order chi connectivity index (χ1) is 10.0. The molecular formula is C15H20ClFN2O2. The van der Waals surface area contributed by atoms with Gasteiger partial charge >= 0.3 is 6.09 Å². The molecule has 0 saturated carbocycles. The van der Waals surface area contributed by atoms with Crippen LogP contribution in [0.3, 0.4) is 0 Å². The number of rotatable bonds is 3. The monoisotopic (exact) mass is 314 g/mol. The highest BCUT2D eigenvalue weighted by molar-refractivity contribution is 6.31. The summed E-state index contributed by atoms with van der Waals surface area (Å²) in [6, 6.07) is 4.79. The largest absolute Gasteiger partial charge is 0.453 e. The van der Waals surface area contributed by atoms with Crippen LogP contribution in [0.1, 0.15) is 31.4 Å². The number of piperidine rings is 1. The summed E-state index contributed by atoms with van der Waals surface area (Å²) in [5, 5.41) is 3.92. The summed E-state index contributed by atoms with van der Waals surface area (Å²) in [6.07, 6.45) is 1.44. The average molecular weight is 315 g/mol. The van der Waals surface area contributed by atoms with E-state index in [0.29, 0.717) is 24.2 Å². The first kappa shape index (κ1) is 16.0. The van der Waals surface area contributed by atoms with Crippen molar-refractivity contribution in [1.29, 1.82) is 0 Å². The highest BCUT2D eigenvalue weighted by atomic mass is 35.5. The molecule has 0 radical (unpaired) electrons. The Morgan fingerprint density at radius 2 is 2.14 bits per heavy atom. The highest BCUT2D eigenvalue weighted by Gasteiger charge is 2.24. The SMILES string of the molecule is COC(=O)N1CCC(N[C@@H](C)c2ccc(F)cc2Cl)CC1. The van der Waals surface area contributed by atoms with Crippen molar-refractivity contribution < 1.29 is 13.9 Å². The predicted octanol–water partition coefficient (Wildman–Crippen LogP) is 3.36. The van der Waals surface area contributed by atoms with Crippen molar-refractivity contribution >= 4 is 17.7 Å². The number of likely N-dealkylation sites (tertiary alicyclic amines) is 1. The zero-order valence-electron chi connectivity index (χ0n) is 12.2. The van der Waals surface area contributed by atoms with Gasteiger partial charge in [-0.05, 0) is 37.5 Å². The number of nitrogens with zero attached hydrogens (tertiary/aromatic N) is 1. The van der Waals surface area contributed by atoms with Crippen LogP contribution in [0.4, 0.5) is 9.18 Å². The molecule has 1 fully saturated rings. The number of carbonyl (C=O) groups is 1. The number of methoxy groups -OCH3 is 1. The van der Waals surface area contributed by atoms with Gasteiger partial charge in [0.2, 0.25) is 0 Å². The summed E-state index contributed by atoms with van der Waals surface area (Å²) in [7, 11) is 1.39. The summed E-state index contributed by atoms with van der Waals surface area (Å²) in [5.41, 5.74) is 0.883. The third-order valence-corrected chi connectivity index (χ3v) is 4.17. The van der Waals surface area contributed by atoms with E-state index in [1.807, 2.05) is 6.92 Å². The molecule has 1 N–H and O–H groups in total. The van der Waals surface area contributed by atoms with Crippen LogP contribution in [0.5, 0.6) is 0 Å². The molecule has 0 aromatic heterocycles. The fraction of sp³-hybridized carbons (Fsp3) is 0.533. The van der Waals surface area contributed by atoms with Gasteiger partial charge in [-0.15, -0.1) is 0 Å². The van der Waals surface area contributed by atoms with Crippen molar-refractivity contribution in [2.45, 2.75) is 31.8 Å². The van der Waals surface area contributed by atoms with Crippen LogP contribution in [-0.2, 0) is 4.74 Å². The molecule has 1 aromatic carbocycles. The molecule has 1 aliphatic rings. The van der Waals surface area contributed by atoms with Gasteiger partial charge in [-0.25, -0.2) is 9.18 Å². The van der Waals surface area contributed by atoms with E-state index in [1.54, 1.807) is 11.0 Å². The molecule has 116 valence electrons. The highest BCUT2D eigenvalue weighted by Crippen LogP contribution is 2.25. The van der Waals surface area contributed by atoms with Crippen LogP contribution in [0.2, 0.25) is 5.02 Å². The van der Waals surface area contributed by atoms with Gasteiger partial charge in [0.05, 0.1) is 7.11 Å². The van der Waals surface area contributed by atoms with Crippen molar-refractivity contribution in [2.24, 2.45) is 0 Å². The first-order valence-corrected chi connectivity index (χ1v) is 7.43. The molecule has 21 heavy (non-hydrogen) atoms. The van der Waals surface area contributed by atoms with E-state index < -0.39 is 0 Å². The van der Waals surface area contributed by atoms with Crippen molar-refractivity contribution in [3.8, 4) is 0 Å². The maximum absolute atomic E-state index is 13.1. The number of hydrogen-bond donors (Lipinski definition) is 1. The predicted molar refractivity (Wildman–Crippen MR) is 80.0 cm³/mol. The van der Waals surface area contributed by atoms with E-state index in [-0.39, 0.29) is 18.0 Å². The Morgan fingerprint density at radius 1 is 1.48 bits per heavy atom. The normalized spacial score (nSPS) is 17.6. The van der Waals surface area contributed by atoms with Gasteiger partial charge in [-0.2, -0.15) is 0 Å². The van der Waals surface area contributed by atoms with Crippen molar-refractivity contribution in [1.82, 2.24) is 10.2 Å². The van der Waals surface area contributed by atoms with E-state index in [1.165, 1.54) is 19.2 Å². The molecule has 1 aromatic rings. The number of amides is 1. The fourth-order valence-corrected chi connectivity index (χ4v) is 2.98. The lowest BCUT2D eigenvalue weighted by molar-refractivity contribution is 0.109. The molecule has 2 rings (SSSR count). The zero-order valence-corrected chi connectivity index (χ0v) is 13.0. The van der Waals surface area contributed by atoms with E-state index in [9.17, 15) is 9.18 Å². The van der Waals surface area contributed by atoms with Crippen LogP contribution in [0.25, 0.3) is 0 Å². The maximum Gasteiger partial charge on any atom is 0.409 e. The fourth-order valence-electron chi connectivity index (χ4n) is 2.65. The molecule has 1 atom stereocenters. The van der Waals surface area contributed by atoms with Crippen LogP contribution in [0.15, 0.2) is 18.2 Å². The molecule has 1 saturated heterocycles. The van der Waals surface area contributed by atoms with Crippen LogP contribution < -0.4 is 5.32 Å². The average Bonchev–Trinajstić information content (AvgIpc) is 2.47. The van der Waals surface area contributed by atoms with E-state index in [0.717, 1.165) is 18.4 Å². The van der Waals surface area contributed by atoms with Crippen molar-refractivity contribution in [3.05, 3.63) is 34.6 Å². The van der Waals surface area contributed by atoms with Gasteiger partial charge in [-0.1, -0.05) is 17.7 Å². The van der Waals surface area contributed by atoms with E-state index in [4.69, 9.17) is 16.3 Å². The molecule has 0 aliphatic carbocycles. The minimum absolute atomic E-state index is 0.0350. The quantitative estimate of drug-likeness (QED) is 0.930.